The number of carbonyl (C=O) groups excluding carboxylic acids is 1. The molecule has 7 heteroatoms. The molecule has 0 aliphatic rings. The number of esters is 1. The lowest BCUT2D eigenvalue weighted by molar-refractivity contribution is 0.0586. The fourth-order valence-electron chi connectivity index (χ4n) is 1.61. The summed E-state index contributed by atoms with van der Waals surface area (Å²) in [6.07, 6.45) is 3.26. The molecule has 0 saturated carbocycles. The quantitative estimate of drug-likeness (QED) is 0.808. The number of aromatic nitrogens is 3. The number of nitrogens with zero attached hydrogens (tertiary/aromatic N) is 4. The topological polar surface area (TPSA) is 80.8 Å². The van der Waals surface area contributed by atoms with Crippen molar-refractivity contribution in [2.24, 2.45) is 0 Å². The number of nitriles is 1. The minimum absolute atomic E-state index is 0.0336. The van der Waals surface area contributed by atoms with Crippen molar-refractivity contribution in [3.8, 4) is 17.3 Å². The second-order valence-electron chi connectivity index (χ2n) is 3.55. The van der Waals surface area contributed by atoms with Crippen molar-refractivity contribution in [1.29, 1.82) is 5.26 Å². The first kappa shape index (κ1) is 13.2. The molecule has 2 aromatic rings. The van der Waals surface area contributed by atoms with Gasteiger partial charge in [0.15, 0.2) is 5.69 Å². The molecule has 2 aromatic heterocycles. The van der Waals surface area contributed by atoms with Crippen LogP contribution in [-0.4, -0.2) is 27.8 Å². The van der Waals surface area contributed by atoms with Gasteiger partial charge in [-0.25, -0.2) is 9.48 Å². The molecule has 19 heavy (non-hydrogen) atoms. The van der Waals surface area contributed by atoms with Crippen molar-refractivity contribution in [2.75, 3.05) is 7.11 Å². The Hall–Kier alpha value is -2.20. The van der Waals surface area contributed by atoms with Crippen LogP contribution in [0.5, 0.6) is 0 Å². The maximum Gasteiger partial charge on any atom is 0.357 e. The van der Waals surface area contributed by atoms with Gasteiger partial charge in [0, 0.05) is 18.0 Å². The maximum absolute atomic E-state index is 11.7. The molecule has 0 amide bonds. The molecular formula is C12H9BrN4O2. The summed E-state index contributed by atoms with van der Waals surface area (Å²) >= 11 is 3.34. The van der Waals surface area contributed by atoms with Crippen LogP contribution in [-0.2, 0) is 11.3 Å². The Morgan fingerprint density at radius 2 is 2.21 bits per heavy atom. The van der Waals surface area contributed by atoms with Crippen LogP contribution >= 0.6 is 15.9 Å². The van der Waals surface area contributed by atoms with Crippen LogP contribution in [0.2, 0.25) is 0 Å². The second kappa shape index (κ2) is 5.63. The molecule has 0 fully saturated rings. The van der Waals surface area contributed by atoms with E-state index in [1.807, 2.05) is 6.07 Å². The van der Waals surface area contributed by atoms with Crippen LogP contribution < -0.4 is 0 Å². The highest BCUT2D eigenvalue weighted by atomic mass is 79.9. The lowest BCUT2D eigenvalue weighted by Gasteiger charge is -2.00. The summed E-state index contributed by atoms with van der Waals surface area (Å²) < 4.78 is 6.51. The predicted molar refractivity (Wildman–Crippen MR) is 70.1 cm³/mol. The molecule has 6 nitrogen and oxygen atoms in total. The van der Waals surface area contributed by atoms with Crippen LogP contribution in [0, 0.1) is 11.3 Å². The summed E-state index contributed by atoms with van der Waals surface area (Å²) in [5, 5.41) is 13.0. The average molecular weight is 321 g/mol. The van der Waals surface area contributed by atoms with Crippen LogP contribution in [0.25, 0.3) is 11.3 Å². The Morgan fingerprint density at radius 1 is 1.53 bits per heavy atom. The number of methoxy groups -OCH3 is 1. The number of hydrogen-bond donors (Lipinski definition) is 0. The highest BCUT2D eigenvalue weighted by molar-refractivity contribution is 9.10. The van der Waals surface area contributed by atoms with Crippen molar-refractivity contribution in [2.45, 2.75) is 6.54 Å². The Balaban J connectivity index is 2.59. The number of halogens is 1. The summed E-state index contributed by atoms with van der Waals surface area (Å²) in [7, 11) is 1.28. The van der Waals surface area contributed by atoms with Gasteiger partial charge in [-0.15, -0.1) is 0 Å². The molecule has 0 aliphatic carbocycles. The minimum Gasteiger partial charge on any atom is -0.464 e. The summed E-state index contributed by atoms with van der Waals surface area (Å²) in [5.41, 5.74) is 1.58. The molecular weight excluding hydrogens is 312 g/mol. The smallest absolute Gasteiger partial charge is 0.357 e. The number of hydrogen-bond acceptors (Lipinski definition) is 5. The van der Waals surface area contributed by atoms with E-state index >= 15 is 0 Å². The molecule has 0 aromatic carbocycles. The normalized spacial score (nSPS) is 9.95. The van der Waals surface area contributed by atoms with Gasteiger partial charge in [0.05, 0.1) is 17.7 Å². The lowest BCUT2D eigenvalue weighted by Crippen LogP contribution is -2.11. The molecule has 0 saturated heterocycles. The zero-order valence-electron chi connectivity index (χ0n) is 10.00. The van der Waals surface area contributed by atoms with Gasteiger partial charge in [0.2, 0.25) is 0 Å². The molecule has 0 bridgehead atoms. The van der Waals surface area contributed by atoms with E-state index in [1.54, 1.807) is 24.5 Å². The maximum atomic E-state index is 11.7. The molecule has 0 radical (unpaired) electrons. The highest BCUT2D eigenvalue weighted by Crippen LogP contribution is 2.30. The van der Waals surface area contributed by atoms with Crippen LogP contribution in [0.1, 0.15) is 10.5 Å². The third kappa shape index (κ3) is 2.48. The highest BCUT2D eigenvalue weighted by Gasteiger charge is 2.23. The standard InChI is InChI=1S/C12H9BrN4O2/c1-19-12(18)11-9(13)10(16-17(11)7-4-14)8-2-5-15-6-3-8/h2-3,5-6H,7H2,1H3. The Kier molecular flexibility index (Phi) is 3.92. The number of pyridine rings is 1. The Bertz CT molecular complexity index is 646. The van der Waals surface area contributed by atoms with Crippen molar-refractivity contribution in [3.63, 3.8) is 0 Å². The summed E-state index contributed by atoms with van der Waals surface area (Å²) in [4.78, 5) is 15.7. The van der Waals surface area contributed by atoms with E-state index in [1.165, 1.54) is 11.8 Å². The molecule has 0 spiro atoms. The summed E-state index contributed by atoms with van der Waals surface area (Å²) in [6, 6.07) is 5.49. The SMILES string of the molecule is COC(=O)c1c(Br)c(-c2ccncc2)nn1CC#N. The van der Waals surface area contributed by atoms with Gasteiger partial charge in [-0.05, 0) is 28.1 Å². The minimum atomic E-state index is -0.546. The van der Waals surface area contributed by atoms with E-state index in [0.717, 1.165) is 5.56 Å². The van der Waals surface area contributed by atoms with Gasteiger partial charge in [-0.1, -0.05) is 0 Å². The van der Waals surface area contributed by atoms with E-state index in [4.69, 9.17) is 10.00 Å². The van der Waals surface area contributed by atoms with E-state index in [-0.39, 0.29) is 12.2 Å². The van der Waals surface area contributed by atoms with Crippen molar-refractivity contribution < 1.29 is 9.53 Å². The van der Waals surface area contributed by atoms with Crippen molar-refractivity contribution in [3.05, 3.63) is 34.7 Å². The van der Waals surface area contributed by atoms with Gasteiger partial charge in [-0.2, -0.15) is 10.4 Å². The third-order valence-corrected chi connectivity index (χ3v) is 3.20. The van der Waals surface area contributed by atoms with E-state index in [9.17, 15) is 4.79 Å². The average Bonchev–Trinajstić information content (AvgIpc) is 2.76. The molecule has 2 rings (SSSR count). The van der Waals surface area contributed by atoms with E-state index < -0.39 is 5.97 Å². The lowest BCUT2D eigenvalue weighted by atomic mass is 10.2. The van der Waals surface area contributed by atoms with Crippen molar-refractivity contribution in [1.82, 2.24) is 14.8 Å². The number of ether oxygens (including phenoxy) is 1. The molecule has 0 atom stereocenters. The van der Waals surface area contributed by atoms with Gasteiger partial charge < -0.3 is 4.74 Å². The molecule has 0 unspecified atom stereocenters. The van der Waals surface area contributed by atoms with Crippen molar-refractivity contribution >= 4 is 21.9 Å². The van der Waals surface area contributed by atoms with Gasteiger partial charge >= 0.3 is 5.97 Å². The molecule has 0 N–H and O–H groups in total. The monoisotopic (exact) mass is 320 g/mol. The molecule has 0 aliphatic heterocycles. The summed E-state index contributed by atoms with van der Waals surface area (Å²) in [5.74, 6) is -0.546. The Morgan fingerprint density at radius 3 is 2.79 bits per heavy atom. The summed E-state index contributed by atoms with van der Waals surface area (Å²) in [6.45, 7) is -0.0336. The first-order valence-corrected chi connectivity index (χ1v) is 6.10. The fourth-order valence-corrected chi connectivity index (χ4v) is 2.28. The zero-order valence-corrected chi connectivity index (χ0v) is 11.6. The number of rotatable bonds is 3. The zero-order chi connectivity index (χ0) is 13.8. The fraction of sp³-hybridized carbons (Fsp3) is 0.167. The van der Waals surface area contributed by atoms with Gasteiger partial charge in [0.1, 0.15) is 12.2 Å². The van der Waals surface area contributed by atoms with Gasteiger partial charge in [0.25, 0.3) is 0 Å². The van der Waals surface area contributed by atoms with Crippen LogP contribution in [0.4, 0.5) is 0 Å². The largest absolute Gasteiger partial charge is 0.464 e. The van der Waals surface area contributed by atoms with Crippen LogP contribution in [0.15, 0.2) is 29.0 Å². The van der Waals surface area contributed by atoms with Gasteiger partial charge in [-0.3, -0.25) is 4.98 Å². The third-order valence-electron chi connectivity index (χ3n) is 2.45. The molecule has 2 heterocycles. The van der Waals surface area contributed by atoms with Crippen LogP contribution in [0.3, 0.4) is 0 Å². The first-order valence-electron chi connectivity index (χ1n) is 5.31. The Labute approximate surface area is 117 Å². The predicted octanol–water partition coefficient (Wildman–Crippen LogP) is 2.02. The number of carbonyl (C=O) groups is 1. The van der Waals surface area contributed by atoms with E-state index in [2.05, 4.69) is 26.0 Å². The van der Waals surface area contributed by atoms with E-state index in [0.29, 0.717) is 10.2 Å². The molecule has 96 valence electrons. The first-order chi connectivity index (χ1) is 9.19. The second-order valence-corrected chi connectivity index (χ2v) is 4.35.